The number of benzene rings is 2. The number of halogens is 1. The van der Waals surface area contributed by atoms with Crippen molar-refractivity contribution in [1.82, 2.24) is 10.2 Å². The van der Waals surface area contributed by atoms with E-state index in [1.807, 2.05) is 6.07 Å². The summed E-state index contributed by atoms with van der Waals surface area (Å²) in [7, 11) is 0. The summed E-state index contributed by atoms with van der Waals surface area (Å²) in [5.74, 6) is -1.17. The molecule has 2 aliphatic rings. The van der Waals surface area contributed by atoms with Gasteiger partial charge in [-0.2, -0.15) is 0 Å². The highest BCUT2D eigenvalue weighted by Crippen LogP contribution is 2.32. The second kappa shape index (κ2) is 7.07. The maximum absolute atomic E-state index is 13.4. The summed E-state index contributed by atoms with van der Waals surface area (Å²) in [5, 5.41) is 5.62. The lowest BCUT2D eigenvalue weighted by atomic mass is 10.0. The monoisotopic (exact) mass is 381 g/mol. The first-order valence-electron chi connectivity index (χ1n) is 9.19. The van der Waals surface area contributed by atoms with Gasteiger partial charge in [0.1, 0.15) is 11.9 Å². The topological polar surface area (TPSA) is 78.5 Å². The summed E-state index contributed by atoms with van der Waals surface area (Å²) in [6, 6.07) is 9.74. The number of amides is 3. The minimum Gasteiger partial charge on any atom is -0.381 e. The third-order valence-corrected chi connectivity index (χ3v) is 5.29. The average Bonchev–Trinajstić information content (AvgIpc) is 3.00. The Kier molecular flexibility index (Phi) is 4.58. The number of hydrogen-bond acceptors (Lipinski definition) is 4. The number of rotatable bonds is 4. The largest absolute Gasteiger partial charge is 0.381 e. The highest BCUT2D eigenvalue weighted by molar-refractivity contribution is 6.06. The Bertz CT molecular complexity index is 989. The van der Waals surface area contributed by atoms with Gasteiger partial charge in [0, 0.05) is 36.3 Å². The normalized spacial score (nSPS) is 18.9. The van der Waals surface area contributed by atoms with Gasteiger partial charge in [-0.05, 0) is 42.7 Å². The van der Waals surface area contributed by atoms with Gasteiger partial charge in [-0.25, -0.2) is 4.39 Å². The van der Waals surface area contributed by atoms with Crippen molar-refractivity contribution < 1.29 is 18.8 Å². The lowest BCUT2D eigenvalue weighted by Crippen LogP contribution is -2.52. The molecule has 2 N–H and O–H groups in total. The van der Waals surface area contributed by atoms with Crippen molar-refractivity contribution in [1.29, 1.82) is 0 Å². The summed E-state index contributed by atoms with van der Waals surface area (Å²) in [6.45, 7) is 2.52. The number of fused-ring (bicyclic) bond motifs is 1. The van der Waals surface area contributed by atoms with Gasteiger partial charge < -0.3 is 10.2 Å². The van der Waals surface area contributed by atoms with Gasteiger partial charge in [0.15, 0.2) is 0 Å². The van der Waals surface area contributed by atoms with Crippen LogP contribution in [0.15, 0.2) is 36.4 Å². The van der Waals surface area contributed by atoms with Crippen LogP contribution in [0.25, 0.3) is 0 Å². The highest BCUT2D eigenvalue weighted by atomic mass is 19.1. The number of carbonyl (C=O) groups excluding carboxylic acids is 3. The molecule has 0 saturated carbocycles. The lowest BCUT2D eigenvalue weighted by molar-refractivity contribution is -0.136. The molecule has 4 rings (SSSR count). The molecule has 0 bridgehead atoms. The van der Waals surface area contributed by atoms with Crippen LogP contribution in [0.3, 0.4) is 0 Å². The Balaban J connectivity index is 1.53. The molecule has 0 radical (unpaired) electrons. The molecule has 2 aliphatic heterocycles. The Morgan fingerprint density at radius 2 is 2.04 bits per heavy atom. The Morgan fingerprint density at radius 1 is 1.21 bits per heavy atom. The minimum absolute atomic E-state index is 0.203. The maximum atomic E-state index is 13.4. The Hall–Kier alpha value is -3.22. The second-order valence-corrected chi connectivity index (χ2v) is 7.17. The first-order valence-corrected chi connectivity index (χ1v) is 9.19. The number of carbonyl (C=O) groups is 3. The van der Waals surface area contributed by atoms with Gasteiger partial charge in [0.2, 0.25) is 11.8 Å². The summed E-state index contributed by atoms with van der Waals surface area (Å²) in [4.78, 5) is 37.9. The van der Waals surface area contributed by atoms with E-state index in [1.54, 1.807) is 31.2 Å². The van der Waals surface area contributed by atoms with E-state index in [2.05, 4.69) is 10.6 Å². The van der Waals surface area contributed by atoms with Gasteiger partial charge in [0.25, 0.3) is 5.91 Å². The molecule has 7 heteroatoms. The van der Waals surface area contributed by atoms with Crippen LogP contribution in [0.5, 0.6) is 0 Å². The van der Waals surface area contributed by atoms with E-state index in [0.717, 1.165) is 16.8 Å². The number of hydrogen-bond donors (Lipinski definition) is 2. The molecule has 1 saturated heterocycles. The van der Waals surface area contributed by atoms with Crippen LogP contribution in [-0.4, -0.2) is 28.7 Å². The molecule has 2 heterocycles. The molecule has 1 atom stereocenters. The highest BCUT2D eigenvalue weighted by Gasteiger charge is 2.39. The Morgan fingerprint density at radius 3 is 2.79 bits per heavy atom. The van der Waals surface area contributed by atoms with Gasteiger partial charge in [0.05, 0.1) is 0 Å². The van der Waals surface area contributed by atoms with E-state index < -0.39 is 11.9 Å². The first kappa shape index (κ1) is 18.2. The third kappa shape index (κ3) is 3.24. The molecular formula is C21H20FN3O3. The van der Waals surface area contributed by atoms with Crippen molar-refractivity contribution in [2.45, 2.75) is 38.9 Å². The van der Waals surface area contributed by atoms with Crippen molar-refractivity contribution >= 4 is 23.4 Å². The zero-order valence-corrected chi connectivity index (χ0v) is 15.4. The van der Waals surface area contributed by atoms with Gasteiger partial charge in [-0.3, -0.25) is 19.7 Å². The number of aryl methyl sites for hydroxylation is 1. The predicted octanol–water partition coefficient (Wildman–Crippen LogP) is 2.51. The molecule has 0 unspecified atom stereocenters. The van der Waals surface area contributed by atoms with E-state index in [-0.39, 0.29) is 24.1 Å². The summed E-state index contributed by atoms with van der Waals surface area (Å²) >= 11 is 0. The van der Waals surface area contributed by atoms with Gasteiger partial charge in [-0.15, -0.1) is 0 Å². The van der Waals surface area contributed by atoms with Crippen LogP contribution in [0.2, 0.25) is 0 Å². The molecule has 2 aromatic carbocycles. The van der Waals surface area contributed by atoms with E-state index >= 15 is 0 Å². The predicted molar refractivity (Wildman–Crippen MR) is 101 cm³/mol. The minimum atomic E-state index is -0.634. The fraction of sp³-hybridized carbons (Fsp3) is 0.286. The second-order valence-electron chi connectivity index (χ2n) is 7.17. The summed E-state index contributed by atoms with van der Waals surface area (Å²) < 4.78 is 13.4. The molecule has 3 amide bonds. The van der Waals surface area contributed by atoms with Crippen molar-refractivity contribution in [3.63, 3.8) is 0 Å². The van der Waals surface area contributed by atoms with Crippen molar-refractivity contribution in [3.8, 4) is 0 Å². The van der Waals surface area contributed by atoms with E-state index in [0.29, 0.717) is 30.6 Å². The quantitative estimate of drug-likeness (QED) is 0.798. The van der Waals surface area contributed by atoms with Gasteiger partial charge >= 0.3 is 0 Å². The molecule has 144 valence electrons. The van der Waals surface area contributed by atoms with Crippen LogP contribution >= 0.6 is 0 Å². The Labute approximate surface area is 161 Å². The van der Waals surface area contributed by atoms with Crippen molar-refractivity contribution in [3.05, 3.63) is 64.5 Å². The van der Waals surface area contributed by atoms with Crippen molar-refractivity contribution in [2.75, 3.05) is 5.32 Å². The van der Waals surface area contributed by atoms with Crippen LogP contribution in [0, 0.1) is 12.7 Å². The van der Waals surface area contributed by atoms with Gasteiger partial charge in [-0.1, -0.05) is 18.2 Å². The lowest BCUT2D eigenvalue weighted by Gasteiger charge is -2.29. The molecule has 1 fully saturated rings. The number of piperidine rings is 1. The summed E-state index contributed by atoms with van der Waals surface area (Å²) in [6.07, 6.45) is 0.563. The molecule has 2 aromatic rings. The number of anilines is 1. The first-order chi connectivity index (χ1) is 13.4. The standard InChI is InChI=1S/C21H20FN3O3/c1-12-9-13(5-6-16(12)22)10-23-17-4-2-3-14-15(17)11-25(21(14)28)18-7-8-19(26)24-20(18)27/h2-6,9,18,23H,7-8,10-11H2,1H3,(H,24,26,27)/t18-/m1/s1. The SMILES string of the molecule is Cc1cc(CNc2cccc3c2CN([C@@H]2CCC(=O)NC2=O)C3=O)ccc1F. The number of nitrogens with one attached hydrogen (secondary N) is 2. The zero-order valence-electron chi connectivity index (χ0n) is 15.4. The van der Waals surface area contributed by atoms with Crippen LogP contribution in [-0.2, 0) is 22.7 Å². The van der Waals surface area contributed by atoms with Crippen LogP contribution in [0.1, 0.15) is 39.9 Å². The van der Waals surface area contributed by atoms with E-state index in [4.69, 9.17) is 0 Å². The average molecular weight is 381 g/mol. The van der Waals surface area contributed by atoms with Crippen molar-refractivity contribution in [2.24, 2.45) is 0 Å². The van der Waals surface area contributed by atoms with E-state index in [9.17, 15) is 18.8 Å². The molecular weight excluding hydrogens is 361 g/mol. The molecule has 0 aliphatic carbocycles. The summed E-state index contributed by atoms with van der Waals surface area (Å²) in [5.41, 5.74) is 3.71. The number of imide groups is 1. The zero-order chi connectivity index (χ0) is 19.8. The molecule has 6 nitrogen and oxygen atoms in total. The smallest absolute Gasteiger partial charge is 0.255 e. The van der Waals surface area contributed by atoms with Crippen LogP contribution in [0.4, 0.5) is 10.1 Å². The van der Waals surface area contributed by atoms with E-state index in [1.165, 1.54) is 11.0 Å². The third-order valence-electron chi connectivity index (χ3n) is 5.29. The number of nitrogens with zero attached hydrogens (tertiary/aromatic N) is 1. The fourth-order valence-corrected chi connectivity index (χ4v) is 3.77. The van der Waals surface area contributed by atoms with Crippen LogP contribution < -0.4 is 10.6 Å². The maximum Gasteiger partial charge on any atom is 0.255 e. The molecule has 28 heavy (non-hydrogen) atoms. The molecule has 0 spiro atoms. The molecule has 0 aromatic heterocycles. The fourth-order valence-electron chi connectivity index (χ4n) is 3.77.